The van der Waals surface area contributed by atoms with Crippen molar-refractivity contribution in [1.29, 1.82) is 0 Å². The van der Waals surface area contributed by atoms with Gasteiger partial charge in [-0.25, -0.2) is 4.39 Å². The van der Waals surface area contributed by atoms with E-state index in [2.05, 4.69) is 5.32 Å². The maximum absolute atomic E-state index is 13.7. The molecule has 1 saturated carbocycles. The summed E-state index contributed by atoms with van der Waals surface area (Å²) in [6, 6.07) is 5.14. The molecule has 2 rings (SSSR count). The van der Waals surface area contributed by atoms with Crippen molar-refractivity contribution < 1.29 is 9.18 Å². The van der Waals surface area contributed by atoms with Crippen molar-refractivity contribution in [2.75, 3.05) is 0 Å². The van der Waals surface area contributed by atoms with Crippen LogP contribution in [0.3, 0.4) is 0 Å². The molecule has 0 bridgehead atoms. The molecule has 1 amide bonds. The summed E-state index contributed by atoms with van der Waals surface area (Å²) in [5, 5.41) is 3.31. The molecule has 0 aromatic heterocycles. The first-order chi connectivity index (χ1) is 8.93. The highest BCUT2D eigenvalue weighted by Gasteiger charge is 2.36. The van der Waals surface area contributed by atoms with Crippen LogP contribution in [0.1, 0.15) is 43.7 Å². The molecule has 104 valence electrons. The Labute approximate surface area is 113 Å². The summed E-state index contributed by atoms with van der Waals surface area (Å²) < 4.78 is 13.7. The lowest BCUT2D eigenvalue weighted by Crippen LogP contribution is -2.53. The third kappa shape index (κ3) is 2.78. The lowest BCUT2D eigenvalue weighted by Gasteiger charge is -2.31. The van der Waals surface area contributed by atoms with Gasteiger partial charge in [-0.2, -0.15) is 0 Å². The first kappa shape index (κ1) is 14.0. The summed E-state index contributed by atoms with van der Waals surface area (Å²) in [4.78, 5) is 11.8. The number of benzene rings is 1. The van der Waals surface area contributed by atoms with Gasteiger partial charge >= 0.3 is 0 Å². The summed E-state index contributed by atoms with van der Waals surface area (Å²) in [7, 11) is 0. The average molecular weight is 264 g/mol. The molecule has 0 aliphatic heterocycles. The van der Waals surface area contributed by atoms with Crippen LogP contribution in [0.4, 0.5) is 4.39 Å². The maximum Gasteiger partial charge on any atom is 0.242 e. The normalized spacial score (nSPS) is 19.3. The molecule has 1 aliphatic rings. The van der Waals surface area contributed by atoms with Gasteiger partial charge in [0.2, 0.25) is 5.91 Å². The summed E-state index contributed by atoms with van der Waals surface area (Å²) in [5.41, 5.74) is 5.69. The highest BCUT2D eigenvalue weighted by atomic mass is 19.1. The van der Waals surface area contributed by atoms with Gasteiger partial charge in [-0.15, -0.1) is 0 Å². The molecule has 0 spiro atoms. The number of hydrogen-bond donors (Lipinski definition) is 2. The second kappa shape index (κ2) is 5.29. The van der Waals surface area contributed by atoms with E-state index in [1.165, 1.54) is 6.07 Å². The number of carbonyl (C=O) groups excluding carboxylic acids is 1. The summed E-state index contributed by atoms with van der Waals surface area (Å²) in [5.74, 6) is -0.777. The smallest absolute Gasteiger partial charge is 0.242 e. The highest BCUT2D eigenvalue weighted by Crippen LogP contribution is 2.27. The molecule has 1 aliphatic carbocycles. The number of aryl methyl sites for hydroxylation is 1. The fourth-order valence-electron chi connectivity index (χ4n) is 2.68. The van der Waals surface area contributed by atoms with Crippen LogP contribution in [0.15, 0.2) is 18.2 Å². The van der Waals surface area contributed by atoms with Gasteiger partial charge in [0.05, 0.1) is 0 Å². The van der Waals surface area contributed by atoms with Gasteiger partial charge in [0.15, 0.2) is 0 Å². The Bertz CT molecular complexity index is 483. The second-order valence-corrected chi connectivity index (χ2v) is 5.58. The third-order valence-corrected chi connectivity index (χ3v) is 4.09. The monoisotopic (exact) mass is 264 g/mol. The van der Waals surface area contributed by atoms with Crippen LogP contribution in [0.2, 0.25) is 0 Å². The molecule has 1 aromatic carbocycles. The van der Waals surface area contributed by atoms with Gasteiger partial charge < -0.3 is 5.73 Å². The van der Waals surface area contributed by atoms with Gasteiger partial charge in [-0.1, -0.05) is 25.0 Å². The van der Waals surface area contributed by atoms with Crippen LogP contribution in [-0.4, -0.2) is 11.9 Å². The largest absolute Gasteiger partial charge is 0.368 e. The molecule has 4 heteroatoms. The van der Waals surface area contributed by atoms with Crippen molar-refractivity contribution in [3.63, 3.8) is 0 Å². The van der Waals surface area contributed by atoms with Crippen LogP contribution in [-0.2, 0) is 10.3 Å². The molecule has 1 fully saturated rings. The number of carbonyl (C=O) groups is 1. The topological polar surface area (TPSA) is 55.1 Å². The number of primary amides is 1. The number of halogens is 1. The zero-order valence-corrected chi connectivity index (χ0v) is 11.5. The van der Waals surface area contributed by atoms with Crippen molar-refractivity contribution in [2.45, 2.75) is 51.1 Å². The Morgan fingerprint density at radius 2 is 2.05 bits per heavy atom. The fraction of sp³-hybridized carbons (Fsp3) is 0.533. The molecule has 0 saturated heterocycles. The van der Waals surface area contributed by atoms with Gasteiger partial charge in [0, 0.05) is 6.04 Å². The van der Waals surface area contributed by atoms with E-state index in [0.29, 0.717) is 11.1 Å². The fourth-order valence-corrected chi connectivity index (χ4v) is 2.68. The molecule has 0 heterocycles. The number of rotatable bonds is 4. The zero-order valence-electron chi connectivity index (χ0n) is 11.5. The van der Waals surface area contributed by atoms with Crippen molar-refractivity contribution in [2.24, 2.45) is 5.73 Å². The van der Waals surface area contributed by atoms with Crippen molar-refractivity contribution >= 4 is 5.91 Å². The standard InChI is InChI=1S/C15H21FN2O/c1-10-7-8-11(9-13(10)16)15(2,14(17)19)18-12-5-3-4-6-12/h7-9,12,18H,3-6H2,1-2H3,(H2,17,19). The summed E-state index contributed by atoms with van der Waals surface area (Å²) in [6.07, 6.45) is 4.40. The van der Waals surface area contributed by atoms with E-state index < -0.39 is 11.4 Å². The van der Waals surface area contributed by atoms with Crippen LogP contribution >= 0.6 is 0 Å². The Kier molecular flexibility index (Phi) is 3.90. The SMILES string of the molecule is Cc1ccc(C(C)(NC2CCCC2)C(N)=O)cc1F. The van der Waals surface area contributed by atoms with Gasteiger partial charge in [0.25, 0.3) is 0 Å². The van der Waals surface area contributed by atoms with Crippen molar-refractivity contribution in [3.05, 3.63) is 35.1 Å². The minimum atomic E-state index is -1.01. The molecule has 3 nitrogen and oxygen atoms in total. The predicted octanol–water partition coefficient (Wildman–Crippen LogP) is 2.37. The number of amides is 1. The Morgan fingerprint density at radius 1 is 1.42 bits per heavy atom. The van der Waals surface area contributed by atoms with E-state index in [-0.39, 0.29) is 11.9 Å². The van der Waals surface area contributed by atoms with Crippen molar-refractivity contribution in [3.8, 4) is 0 Å². The van der Waals surface area contributed by atoms with Crippen LogP contribution in [0.25, 0.3) is 0 Å². The molecule has 0 radical (unpaired) electrons. The van der Waals surface area contributed by atoms with E-state index in [1.807, 2.05) is 0 Å². The van der Waals surface area contributed by atoms with E-state index in [4.69, 9.17) is 5.73 Å². The lowest BCUT2D eigenvalue weighted by atomic mass is 9.89. The van der Waals surface area contributed by atoms with Crippen LogP contribution in [0, 0.1) is 12.7 Å². The van der Waals surface area contributed by atoms with Crippen LogP contribution < -0.4 is 11.1 Å². The van der Waals surface area contributed by atoms with Gasteiger partial charge in [-0.05, 0) is 43.9 Å². The Balaban J connectivity index is 2.31. The molecular weight excluding hydrogens is 243 g/mol. The minimum Gasteiger partial charge on any atom is -0.368 e. The Hall–Kier alpha value is -1.42. The minimum absolute atomic E-state index is 0.280. The third-order valence-electron chi connectivity index (χ3n) is 4.09. The summed E-state index contributed by atoms with van der Waals surface area (Å²) in [6.45, 7) is 3.43. The number of hydrogen-bond acceptors (Lipinski definition) is 2. The van der Waals surface area contributed by atoms with E-state index in [9.17, 15) is 9.18 Å². The molecule has 1 atom stereocenters. The lowest BCUT2D eigenvalue weighted by molar-refractivity contribution is -0.124. The molecule has 1 aromatic rings. The van der Waals surface area contributed by atoms with Crippen LogP contribution in [0.5, 0.6) is 0 Å². The summed E-state index contributed by atoms with van der Waals surface area (Å²) >= 11 is 0. The zero-order chi connectivity index (χ0) is 14.0. The number of nitrogens with two attached hydrogens (primary N) is 1. The molecular formula is C15H21FN2O. The van der Waals surface area contributed by atoms with Gasteiger partial charge in [-0.3, -0.25) is 10.1 Å². The molecule has 3 N–H and O–H groups in total. The maximum atomic E-state index is 13.7. The van der Waals surface area contributed by atoms with E-state index in [0.717, 1.165) is 25.7 Å². The van der Waals surface area contributed by atoms with Crippen molar-refractivity contribution in [1.82, 2.24) is 5.32 Å². The molecule has 19 heavy (non-hydrogen) atoms. The van der Waals surface area contributed by atoms with E-state index in [1.54, 1.807) is 26.0 Å². The number of nitrogens with one attached hydrogen (secondary N) is 1. The second-order valence-electron chi connectivity index (χ2n) is 5.58. The highest BCUT2D eigenvalue weighted by molar-refractivity contribution is 5.85. The average Bonchev–Trinajstić information content (AvgIpc) is 2.85. The quantitative estimate of drug-likeness (QED) is 0.877. The molecule has 1 unspecified atom stereocenters. The van der Waals surface area contributed by atoms with E-state index >= 15 is 0 Å². The first-order valence-electron chi connectivity index (χ1n) is 6.77. The van der Waals surface area contributed by atoms with Gasteiger partial charge in [0.1, 0.15) is 11.4 Å². The predicted molar refractivity (Wildman–Crippen MR) is 73.1 cm³/mol. The first-order valence-corrected chi connectivity index (χ1v) is 6.77. The Morgan fingerprint density at radius 3 is 2.58 bits per heavy atom.